The number of hydrogen-bond acceptors (Lipinski definition) is 3. The number of rotatable bonds is 1. The summed E-state index contributed by atoms with van der Waals surface area (Å²) in [5.74, 6) is -0.958. The van der Waals surface area contributed by atoms with E-state index in [1.54, 1.807) is 0 Å². The van der Waals surface area contributed by atoms with Crippen molar-refractivity contribution in [3.8, 4) is 0 Å². The van der Waals surface area contributed by atoms with E-state index in [0.717, 1.165) is 0 Å². The molecule has 0 unspecified atom stereocenters. The van der Waals surface area contributed by atoms with Gasteiger partial charge in [-0.25, -0.2) is 4.79 Å². The fourth-order valence-corrected chi connectivity index (χ4v) is 1.16. The fourth-order valence-electron chi connectivity index (χ4n) is 1.16. The van der Waals surface area contributed by atoms with Crippen molar-refractivity contribution >= 4 is 17.9 Å². The minimum absolute atomic E-state index is 0.155. The number of nitrogens with one attached hydrogen (secondary N) is 2. The lowest BCUT2D eigenvalue weighted by Gasteiger charge is -2.31. The lowest BCUT2D eigenvalue weighted by molar-refractivity contribution is -0.138. The van der Waals surface area contributed by atoms with Gasteiger partial charge in [-0.15, -0.1) is 0 Å². The second kappa shape index (κ2) is 3.04. The summed E-state index contributed by atoms with van der Waals surface area (Å²) >= 11 is 0. The van der Waals surface area contributed by atoms with Crippen LogP contribution in [0.3, 0.4) is 0 Å². The van der Waals surface area contributed by atoms with E-state index in [2.05, 4.69) is 10.6 Å². The summed E-state index contributed by atoms with van der Waals surface area (Å²) < 4.78 is 0. The summed E-state index contributed by atoms with van der Waals surface area (Å²) in [6, 6.07) is 0. The molecule has 1 rings (SSSR count). The molecule has 13 heavy (non-hydrogen) atoms. The number of carboxylic acid groups (broad SMARTS) is 1. The van der Waals surface area contributed by atoms with Crippen molar-refractivity contribution in [2.45, 2.75) is 25.3 Å². The molecule has 0 saturated carbocycles. The van der Waals surface area contributed by atoms with Gasteiger partial charge < -0.3 is 10.4 Å². The summed E-state index contributed by atoms with van der Waals surface area (Å²) in [6.07, 6.45) is -0.918. The molecule has 0 aromatic carbocycles. The molecular weight excluding hydrogens is 176 g/mol. The number of piperidine rings is 1. The lowest BCUT2D eigenvalue weighted by atomic mass is 9.91. The highest BCUT2D eigenvalue weighted by molar-refractivity contribution is 6.03. The van der Waals surface area contributed by atoms with Crippen LogP contribution in [0.1, 0.15) is 19.8 Å². The molecule has 0 bridgehead atoms. The quantitative estimate of drug-likeness (QED) is 0.479. The van der Waals surface area contributed by atoms with E-state index in [9.17, 15) is 14.4 Å². The van der Waals surface area contributed by atoms with E-state index >= 15 is 0 Å². The molecule has 0 aromatic heterocycles. The minimum atomic E-state index is -1.27. The van der Waals surface area contributed by atoms with Crippen LogP contribution >= 0.6 is 0 Å². The normalized spacial score (nSPS) is 28.1. The van der Waals surface area contributed by atoms with Crippen molar-refractivity contribution in [3.05, 3.63) is 0 Å². The van der Waals surface area contributed by atoms with Gasteiger partial charge in [-0.2, -0.15) is 0 Å². The molecular formula is C7H10N2O4. The van der Waals surface area contributed by atoms with Gasteiger partial charge in [-0.1, -0.05) is 0 Å². The van der Waals surface area contributed by atoms with E-state index < -0.39 is 17.5 Å². The molecule has 6 nitrogen and oxygen atoms in total. The van der Waals surface area contributed by atoms with Crippen molar-refractivity contribution in [1.29, 1.82) is 0 Å². The molecule has 1 saturated heterocycles. The Morgan fingerprint density at radius 1 is 1.62 bits per heavy atom. The molecule has 6 heteroatoms. The van der Waals surface area contributed by atoms with E-state index in [1.165, 1.54) is 6.92 Å². The molecule has 3 N–H and O–H groups in total. The van der Waals surface area contributed by atoms with E-state index in [0.29, 0.717) is 0 Å². The largest absolute Gasteiger partial charge is 0.465 e. The average Bonchev–Trinajstić information content (AvgIpc) is 1.97. The van der Waals surface area contributed by atoms with Gasteiger partial charge in [0, 0.05) is 6.42 Å². The summed E-state index contributed by atoms with van der Waals surface area (Å²) in [6.45, 7) is 1.45. The Bertz CT molecular complexity index is 276. The van der Waals surface area contributed by atoms with Crippen LogP contribution in [0, 0.1) is 0 Å². The highest BCUT2D eigenvalue weighted by Crippen LogP contribution is 2.16. The number of carbonyl (C=O) groups excluding carboxylic acids is 2. The third-order valence-corrected chi connectivity index (χ3v) is 1.99. The van der Waals surface area contributed by atoms with Gasteiger partial charge in [0.1, 0.15) is 5.54 Å². The van der Waals surface area contributed by atoms with Crippen molar-refractivity contribution in [2.24, 2.45) is 0 Å². The van der Waals surface area contributed by atoms with Gasteiger partial charge in [-0.05, 0) is 13.3 Å². The van der Waals surface area contributed by atoms with Crippen LogP contribution in [0.2, 0.25) is 0 Å². The van der Waals surface area contributed by atoms with Gasteiger partial charge in [0.15, 0.2) is 0 Å². The Labute approximate surface area is 74.3 Å². The zero-order chi connectivity index (χ0) is 10.1. The Morgan fingerprint density at radius 3 is 2.69 bits per heavy atom. The van der Waals surface area contributed by atoms with Gasteiger partial charge in [0.25, 0.3) is 5.91 Å². The Balaban J connectivity index is 2.73. The molecule has 1 heterocycles. The minimum Gasteiger partial charge on any atom is -0.465 e. The van der Waals surface area contributed by atoms with Crippen LogP contribution in [0.4, 0.5) is 4.79 Å². The summed E-state index contributed by atoms with van der Waals surface area (Å²) in [4.78, 5) is 32.3. The Morgan fingerprint density at radius 2 is 2.23 bits per heavy atom. The first-order valence-electron chi connectivity index (χ1n) is 3.79. The third-order valence-electron chi connectivity index (χ3n) is 1.99. The van der Waals surface area contributed by atoms with E-state index in [4.69, 9.17) is 5.11 Å². The maximum Gasteiger partial charge on any atom is 0.405 e. The molecule has 3 amide bonds. The van der Waals surface area contributed by atoms with Gasteiger partial charge in [-0.3, -0.25) is 14.9 Å². The Kier molecular flexibility index (Phi) is 2.22. The highest BCUT2D eigenvalue weighted by Gasteiger charge is 2.39. The van der Waals surface area contributed by atoms with E-state index in [-0.39, 0.29) is 18.7 Å². The van der Waals surface area contributed by atoms with Crippen molar-refractivity contribution in [3.63, 3.8) is 0 Å². The lowest BCUT2D eigenvalue weighted by Crippen LogP contribution is -2.60. The standard InChI is InChI=1S/C7H10N2O4/c1-7(9-6(12)13)3-2-4(10)8-5(7)11/h9H,2-3H2,1H3,(H,12,13)(H,8,10,11)/t7-/m0/s1. The highest BCUT2D eigenvalue weighted by atomic mass is 16.4. The monoisotopic (exact) mass is 186 g/mol. The van der Waals surface area contributed by atoms with Crippen molar-refractivity contribution in [1.82, 2.24) is 10.6 Å². The van der Waals surface area contributed by atoms with Crippen molar-refractivity contribution in [2.75, 3.05) is 0 Å². The van der Waals surface area contributed by atoms with Gasteiger partial charge in [0.2, 0.25) is 5.91 Å². The summed E-state index contributed by atoms with van der Waals surface area (Å²) in [5, 5.41) is 12.6. The van der Waals surface area contributed by atoms with Crippen LogP contribution in [0.5, 0.6) is 0 Å². The molecule has 72 valence electrons. The van der Waals surface area contributed by atoms with Crippen LogP contribution in [0.25, 0.3) is 0 Å². The number of carbonyl (C=O) groups is 3. The molecule has 0 spiro atoms. The first-order valence-corrected chi connectivity index (χ1v) is 3.79. The third kappa shape index (κ3) is 1.95. The molecule has 1 aliphatic rings. The number of amides is 3. The zero-order valence-corrected chi connectivity index (χ0v) is 7.09. The zero-order valence-electron chi connectivity index (χ0n) is 7.09. The first kappa shape index (κ1) is 9.50. The van der Waals surface area contributed by atoms with Crippen LogP contribution < -0.4 is 10.6 Å². The van der Waals surface area contributed by atoms with Crippen LogP contribution in [-0.4, -0.2) is 28.6 Å². The molecule has 1 aliphatic heterocycles. The SMILES string of the molecule is C[C@]1(NC(=O)O)CCC(=O)NC1=O. The first-order chi connectivity index (χ1) is 5.94. The van der Waals surface area contributed by atoms with Crippen LogP contribution in [0.15, 0.2) is 0 Å². The Hall–Kier alpha value is -1.59. The second-order valence-electron chi connectivity index (χ2n) is 3.14. The smallest absolute Gasteiger partial charge is 0.405 e. The average molecular weight is 186 g/mol. The maximum atomic E-state index is 11.2. The van der Waals surface area contributed by atoms with Crippen molar-refractivity contribution < 1.29 is 19.5 Å². The second-order valence-corrected chi connectivity index (χ2v) is 3.14. The topological polar surface area (TPSA) is 95.5 Å². The molecule has 0 aliphatic carbocycles. The molecule has 1 fully saturated rings. The van der Waals surface area contributed by atoms with Gasteiger partial charge >= 0.3 is 6.09 Å². The number of imide groups is 1. The molecule has 0 radical (unpaired) electrons. The predicted octanol–water partition coefficient (Wildman–Crippen LogP) is -0.551. The van der Waals surface area contributed by atoms with Crippen LogP contribution in [-0.2, 0) is 9.59 Å². The predicted molar refractivity (Wildman–Crippen MR) is 41.9 cm³/mol. The summed E-state index contributed by atoms with van der Waals surface area (Å²) in [5.41, 5.74) is -1.18. The summed E-state index contributed by atoms with van der Waals surface area (Å²) in [7, 11) is 0. The molecule has 0 aromatic rings. The fraction of sp³-hybridized carbons (Fsp3) is 0.571. The maximum absolute atomic E-state index is 11.2. The molecule has 1 atom stereocenters. The van der Waals surface area contributed by atoms with E-state index in [1.807, 2.05) is 0 Å². The number of hydrogen-bond donors (Lipinski definition) is 3. The van der Waals surface area contributed by atoms with Gasteiger partial charge in [0.05, 0.1) is 0 Å².